The summed E-state index contributed by atoms with van der Waals surface area (Å²) in [5.74, 6) is -0.170. The second-order valence-electron chi connectivity index (χ2n) is 5.96. The number of fused-ring (bicyclic) bond motifs is 1. The molecule has 0 radical (unpaired) electrons. The predicted molar refractivity (Wildman–Crippen MR) is 100 cm³/mol. The van der Waals surface area contributed by atoms with Gasteiger partial charge in [0.2, 0.25) is 5.91 Å². The first-order valence-corrected chi connectivity index (χ1v) is 8.35. The molecule has 130 valence electrons. The number of carbonyl (C=O) groups excluding carboxylic acids is 1. The molecule has 1 heterocycles. The Balaban J connectivity index is 1.67. The zero-order chi connectivity index (χ0) is 18.0. The molecule has 0 aliphatic rings. The van der Waals surface area contributed by atoms with E-state index >= 15 is 0 Å². The number of hydrogen-bond acceptors (Lipinski definition) is 3. The van der Waals surface area contributed by atoms with Gasteiger partial charge in [-0.2, -0.15) is 0 Å². The number of amides is 1. The lowest BCUT2D eigenvalue weighted by atomic mass is 10.1. The number of H-pyrrole nitrogens is 2. The third-order valence-corrected chi connectivity index (χ3v) is 4.39. The maximum atomic E-state index is 12.4. The molecule has 4 N–H and O–H groups in total. The summed E-state index contributed by atoms with van der Waals surface area (Å²) >= 11 is 6.20. The van der Waals surface area contributed by atoms with Gasteiger partial charge >= 0.3 is 5.69 Å². The lowest BCUT2D eigenvalue weighted by Gasteiger charge is -2.20. The van der Waals surface area contributed by atoms with Crippen molar-refractivity contribution in [3.63, 3.8) is 0 Å². The molecule has 0 bridgehead atoms. The minimum absolute atomic E-state index is 0.0713. The van der Waals surface area contributed by atoms with Gasteiger partial charge in [-0.1, -0.05) is 29.8 Å². The minimum atomic E-state index is -0.424. The van der Waals surface area contributed by atoms with Crippen molar-refractivity contribution in [2.75, 3.05) is 5.32 Å². The molecule has 0 fully saturated rings. The number of halogens is 1. The molecule has 0 saturated heterocycles. The van der Waals surface area contributed by atoms with Crippen LogP contribution in [0.15, 0.2) is 47.3 Å². The van der Waals surface area contributed by atoms with Crippen molar-refractivity contribution in [1.29, 1.82) is 0 Å². The highest BCUT2D eigenvalue weighted by Gasteiger charge is 2.18. The van der Waals surface area contributed by atoms with Crippen molar-refractivity contribution in [1.82, 2.24) is 15.3 Å². The highest BCUT2D eigenvalue weighted by molar-refractivity contribution is 6.31. The molecule has 0 aliphatic carbocycles. The summed E-state index contributed by atoms with van der Waals surface area (Å²) in [7, 11) is 0. The molecule has 1 amide bonds. The third kappa shape index (κ3) is 3.92. The second-order valence-corrected chi connectivity index (χ2v) is 6.37. The maximum Gasteiger partial charge on any atom is 0.323 e. The predicted octanol–water partition coefficient (Wildman–Crippen LogP) is 3.19. The molecule has 25 heavy (non-hydrogen) atoms. The van der Waals surface area contributed by atoms with E-state index in [1.165, 1.54) is 0 Å². The van der Waals surface area contributed by atoms with E-state index in [0.717, 1.165) is 5.56 Å². The first-order chi connectivity index (χ1) is 11.9. The van der Waals surface area contributed by atoms with Gasteiger partial charge < -0.3 is 15.3 Å². The second kappa shape index (κ2) is 7.13. The molecule has 1 aromatic heterocycles. The molecular formula is C18H19ClN4O2. The van der Waals surface area contributed by atoms with Crippen LogP contribution in [-0.2, 0) is 4.79 Å². The largest absolute Gasteiger partial charge is 0.325 e. The van der Waals surface area contributed by atoms with Crippen molar-refractivity contribution < 1.29 is 4.79 Å². The van der Waals surface area contributed by atoms with Crippen LogP contribution in [0.4, 0.5) is 5.69 Å². The van der Waals surface area contributed by atoms with Gasteiger partial charge in [-0.15, -0.1) is 0 Å². The number of nitrogens with one attached hydrogen (secondary N) is 4. The Bertz CT molecular complexity index is 963. The minimum Gasteiger partial charge on any atom is -0.325 e. The van der Waals surface area contributed by atoms with Crippen LogP contribution < -0.4 is 16.3 Å². The van der Waals surface area contributed by atoms with Crippen LogP contribution in [0.2, 0.25) is 5.02 Å². The van der Waals surface area contributed by atoms with E-state index in [1.807, 2.05) is 31.2 Å². The lowest BCUT2D eigenvalue weighted by molar-refractivity contribution is -0.117. The van der Waals surface area contributed by atoms with Crippen molar-refractivity contribution in [3.05, 3.63) is 63.5 Å². The molecule has 0 aliphatic heterocycles. The number of rotatable bonds is 5. The number of aromatic amines is 2. The lowest BCUT2D eigenvalue weighted by Crippen LogP contribution is -2.39. The first-order valence-electron chi connectivity index (χ1n) is 7.97. The molecule has 0 unspecified atom stereocenters. The fraction of sp³-hybridized carbons (Fsp3) is 0.222. The first kappa shape index (κ1) is 17.3. The van der Waals surface area contributed by atoms with Crippen LogP contribution in [0.5, 0.6) is 0 Å². The van der Waals surface area contributed by atoms with Crippen LogP contribution in [0.1, 0.15) is 25.5 Å². The Hall–Kier alpha value is -2.57. The molecule has 7 heteroatoms. The summed E-state index contributed by atoms with van der Waals surface area (Å²) in [4.78, 5) is 29.0. The Morgan fingerprint density at radius 3 is 2.56 bits per heavy atom. The van der Waals surface area contributed by atoms with Crippen LogP contribution in [0, 0.1) is 0 Å². The van der Waals surface area contributed by atoms with Gasteiger partial charge in [0.15, 0.2) is 0 Å². The highest BCUT2D eigenvalue weighted by Crippen LogP contribution is 2.22. The summed E-state index contributed by atoms with van der Waals surface area (Å²) < 4.78 is 0. The fourth-order valence-electron chi connectivity index (χ4n) is 2.73. The number of aromatic nitrogens is 2. The molecule has 3 aromatic rings. The molecule has 0 saturated carbocycles. The van der Waals surface area contributed by atoms with Crippen molar-refractivity contribution >= 4 is 34.2 Å². The van der Waals surface area contributed by atoms with Crippen molar-refractivity contribution in [2.24, 2.45) is 0 Å². The summed E-state index contributed by atoms with van der Waals surface area (Å²) in [6.07, 6.45) is 0. The third-order valence-electron chi connectivity index (χ3n) is 4.05. The van der Waals surface area contributed by atoms with E-state index in [1.54, 1.807) is 25.1 Å². The van der Waals surface area contributed by atoms with Gasteiger partial charge in [-0.3, -0.25) is 10.1 Å². The van der Waals surface area contributed by atoms with Crippen LogP contribution in [0.25, 0.3) is 11.0 Å². The topological polar surface area (TPSA) is 89.8 Å². The van der Waals surface area contributed by atoms with Crippen molar-refractivity contribution in [2.45, 2.75) is 25.9 Å². The van der Waals surface area contributed by atoms with Crippen LogP contribution >= 0.6 is 11.6 Å². The van der Waals surface area contributed by atoms with Crippen LogP contribution in [-0.4, -0.2) is 21.9 Å². The quantitative estimate of drug-likeness (QED) is 0.564. The smallest absolute Gasteiger partial charge is 0.323 e. The summed E-state index contributed by atoms with van der Waals surface area (Å²) in [5, 5.41) is 6.75. The van der Waals surface area contributed by atoms with E-state index in [0.29, 0.717) is 21.7 Å². The number of imidazole rings is 1. The number of carbonyl (C=O) groups is 1. The van der Waals surface area contributed by atoms with Crippen LogP contribution in [0.3, 0.4) is 0 Å². The molecular weight excluding hydrogens is 340 g/mol. The van der Waals surface area contributed by atoms with E-state index in [9.17, 15) is 9.59 Å². The SMILES string of the molecule is C[C@H](N[C@H](C)C(=O)Nc1ccc2[nH]c(=O)[nH]c2c1)c1ccccc1Cl. The number of anilines is 1. The van der Waals surface area contributed by atoms with E-state index in [-0.39, 0.29) is 17.6 Å². The van der Waals surface area contributed by atoms with Gasteiger partial charge in [0.25, 0.3) is 0 Å². The number of benzene rings is 2. The number of hydrogen-bond donors (Lipinski definition) is 4. The summed E-state index contributed by atoms with van der Waals surface area (Å²) in [6, 6.07) is 12.3. The van der Waals surface area contributed by atoms with E-state index < -0.39 is 6.04 Å². The zero-order valence-electron chi connectivity index (χ0n) is 13.9. The summed E-state index contributed by atoms with van der Waals surface area (Å²) in [5.41, 5.74) is 2.62. The normalized spacial score (nSPS) is 13.6. The molecule has 2 atom stereocenters. The van der Waals surface area contributed by atoms with Crippen molar-refractivity contribution in [3.8, 4) is 0 Å². The Morgan fingerprint density at radius 2 is 1.80 bits per heavy atom. The molecule has 0 spiro atoms. The molecule has 3 rings (SSSR count). The molecule has 2 aromatic carbocycles. The highest BCUT2D eigenvalue weighted by atomic mass is 35.5. The average Bonchev–Trinajstić information content (AvgIpc) is 2.94. The molecule has 6 nitrogen and oxygen atoms in total. The van der Waals surface area contributed by atoms with E-state index in [4.69, 9.17) is 11.6 Å². The average molecular weight is 359 g/mol. The zero-order valence-corrected chi connectivity index (χ0v) is 14.6. The van der Waals surface area contributed by atoms with Gasteiger partial charge in [0.1, 0.15) is 0 Å². The van der Waals surface area contributed by atoms with Gasteiger partial charge in [0.05, 0.1) is 17.1 Å². The maximum absolute atomic E-state index is 12.4. The summed E-state index contributed by atoms with van der Waals surface area (Å²) in [6.45, 7) is 3.75. The Kier molecular flexibility index (Phi) is 4.92. The fourth-order valence-corrected chi connectivity index (χ4v) is 3.03. The Morgan fingerprint density at radius 1 is 1.08 bits per heavy atom. The van der Waals surface area contributed by atoms with Gasteiger partial charge in [-0.25, -0.2) is 4.79 Å². The van der Waals surface area contributed by atoms with Gasteiger partial charge in [-0.05, 0) is 43.7 Å². The monoisotopic (exact) mass is 358 g/mol. The van der Waals surface area contributed by atoms with Gasteiger partial charge in [0, 0.05) is 16.8 Å². The standard InChI is InChI=1S/C18H19ClN4O2/c1-10(13-5-3-4-6-14(13)19)20-11(2)17(24)21-12-7-8-15-16(9-12)23-18(25)22-15/h3-11,20H,1-2H3,(H,21,24)(H2,22,23,25)/t10-,11+/m0/s1. The Labute approximate surface area is 149 Å². The van der Waals surface area contributed by atoms with E-state index in [2.05, 4.69) is 20.6 Å².